The number of carbonyl (C=O) groups excluding carboxylic acids is 1. The van der Waals surface area contributed by atoms with Crippen LogP contribution in [0.5, 0.6) is 0 Å². The molecule has 0 bridgehead atoms. The highest BCUT2D eigenvalue weighted by molar-refractivity contribution is 7.09. The highest BCUT2D eigenvalue weighted by atomic mass is 32.1. The Morgan fingerprint density at radius 1 is 1.50 bits per heavy atom. The van der Waals surface area contributed by atoms with E-state index in [-0.39, 0.29) is 5.92 Å². The molecule has 1 atom stereocenters. The van der Waals surface area contributed by atoms with Crippen LogP contribution in [0.3, 0.4) is 0 Å². The largest absolute Gasteiger partial charge is 0.480 e. The summed E-state index contributed by atoms with van der Waals surface area (Å²) in [6.07, 6.45) is 2.87. The first-order valence-electron chi connectivity index (χ1n) is 5.53. The summed E-state index contributed by atoms with van der Waals surface area (Å²) in [6, 6.07) is -0.876. The molecule has 1 amide bonds. The third-order valence-corrected chi connectivity index (χ3v) is 3.06. The van der Waals surface area contributed by atoms with Gasteiger partial charge in [-0.15, -0.1) is 11.3 Å². The van der Waals surface area contributed by atoms with Crippen LogP contribution < -0.4 is 5.32 Å². The average Bonchev–Trinajstić information content (AvgIpc) is 2.68. The van der Waals surface area contributed by atoms with Crippen LogP contribution in [-0.4, -0.2) is 28.0 Å². The number of aromatic nitrogens is 1. The Morgan fingerprint density at radius 3 is 2.61 bits per heavy atom. The highest BCUT2D eigenvalue weighted by Gasteiger charge is 2.22. The molecule has 5 nitrogen and oxygen atoms in total. The molecule has 0 unspecified atom stereocenters. The molecule has 0 radical (unpaired) electrons. The van der Waals surface area contributed by atoms with Gasteiger partial charge in [0.05, 0.1) is 10.7 Å². The molecule has 0 saturated heterocycles. The lowest BCUT2D eigenvalue weighted by Gasteiger charge is -2.16. The zero-order valence-corrected chi connectivity index (χ0v) is 11.3. The fourth-order valence-corrected chi connectivity index (χ4v) is 1.91. The number of hydrogen-bond donors (Lipinski definition) is 2. The van der Waals surface area contributed by atoms with Crippen molar-refractivity contribution in [3.63, 3.8) is 0 Å². The molecule has 0 saturated carbocycles. The van der Waals surface area contributed by atoms with Crippen LogP contribution in [0.1, 0.15) is 24.5 Å². The second-order valence-corrected chi connectivity index (χ2v) is 5.26. The summed E-state index contributed by atoms with van der Waals surface area (Å²) in [4.78, 5) is 26.6. The lowest BCUT2D eigenvalue weighted by Crippen LogP contribution is -2.43. The van der Waals surface area contributed by atoms with Gasteiger partial charge in [-0.1, -0.05) is 13.8 Å². The third-order valence-electron chi connectivity index (χ3n) is 2.27. The van der Waals surface area contributed by atoms with Gasteiger partial charge in [-0.2, -0.15) is 0 Å². The van der Waals surface area contributed by atoms with Crippen molar-refractivity contribution in [2.24, 2.45) is 5.92 Å². The van der Waals surface area contributed by atoms with Crippen molar-refractivity contribution in [3.8, 4) is 0 Å². The Labute approximate surface area is 110 Å². The minimum atomic E-state index is -1.03. The number of aryl methyl sites for hydroxylation is 1. The van der Waals surface area contributed by atoms with Gasteiger partial charge in [-0.05, 0) is 18.9 Å². The number of rotatable bonds is 5. The summed E-state index contributed by atoms with van der Waals surface area (Å²) in [6.45, 7) is 5.36. The molecular formula is C12H16N2O3S. The minimum absolute atomic E-state index is 0.165. The molecule has 0 aliphatic rings. The van der Waals surface area contributed by atoms with Crippen molar-refractivity contribution in [3.05, 3.63) is 22.2 Å². The summed E-state index contributed by atoms with van der Waals surface area (Å²) in [7, 11) is 0. The molecule has 0 spiro atoms. The second kappa shape index (κ2) is 6.30. The topological polar surface area (TPSA) is 79.3 Å². The van der Waals surface area contributed by atoms with Crippen molar-refractivity contribution in [2.75, 3.05) is 0 Å². The Balaban J connectivity index is 2.60. The van der Waals surface area contributed by atoms with Crippen LogP contribution in [0.15, 0.2) is 11.5 Å². The van der Waals surface area contributed by atoms with Crippen LogP contribution >= 0.6 is 11.3 Å². The Kier molecular flexibility index (Phi) is 5.03. The van der Waals surface area contributed by atoms with Gasteiger partial charge in [0, 0.05) is 11.5 Å². The smallest absolute Gasteiger partial charge is 0.326 e. The molecule has 0 aliphatic heterocycles. The standard InChI is InChI=1S/C12H16N2O3S/c1-7(2)11(12(16)17)14-10(15)5-4-9-6-18-8(3)13-9/h4-7,11H,1-3H3,(H,14,15)(H,16,17)/b5-4+/t11-/m0/s1. The number of carboxylic acid groups (broad SMARTS) is 1. The molecule has 1 rings (SSSR count). The van der Waals surface area contributed by atoms with Gasteiger partial charge in [0.25, 0.3) is 0 Å². The maximum absolute atomic E-state index is 11.6. The molecule has 18 heavy (non-hydrogen) atoms. The maximum atomic E-state index is 11.6. The second-order valence-electron chi connectivity index (χ2n) is 4.19. The van der Waals surface area contributed by atoms with E-state index in [0.717, 1.165) is 5.01 Å². The molecule has 0 aliphatic carbocycles. The number of amides is 1. The van der Waals surface area contributed by atoms with E-state index in [1.807, 2.05) is 12.3 Å². The molecule has 0 aromatic carbocycles. The maximum Gasteiger partial charge on any atom is 0.326 e. The highest BCUT2D eigenvalue weighted by Crippen LogP contribution is 2.09. The van der Waals surface area contributed by atoms with E-state index in [1.165, 1.54) is 17.4 Å². The summed E-state index contributed by atoms with van der Waals surface area (Å²) in [5.41, 5.74) is 0.698. The van der Waals surface area contributed by atoms with Gasteiger partial charge in [-0.25, -0.2) is 9.78 Å². The van der Waals surface area contributed by atoms with Gasteiger partial charge < -0.3 is 10.4 Å². The summed E-state index contributed by atoms with van der Waals surface area (Å²) in [5.74, 6) is -1.63. The van der Waals surface area contributed by atoms with Crippen molar-refractivity contribution < 1.29 is 14.7 Å². The summed E-state index contributed by atoms with van der Waals surface area (Å²) in [5, 5.41) is 14.1. The number of carboxylic acids is 1. The van der Waals surface area contributed by atoms with Crippen LogP contribution in [0, 0.1) is 12.8 Å². The average molecular weight is 268 g/mol. The lowest BCUT2D eigenvalue weighted by molar-refractivity contribution is -0.142. The Morgan fingerprint density at radius 2 is 2.17 bits per heavy atom. The van der Waals surface area contributed by atoms with E-state index in [1.54, 1.807) is 19.9 Å². The van der Waals surface area contributed by atoms with Gasteiger partial charge in [0.1, 0.15) is 6.04 Å². The molecule has 2 N–H and O–H groups in total. The van der Waals surface area contributed by atoms with Crippen LogP contribution in [-0.2, 0) is 9.59 Å². The zero-order valence-electron chi connectivity index (χ0n) is 10.5. The lowest BCUT2D eigenvalue weighted by atomic mass is 10.0. The monoisotopic (exact) mass is 268 g/mol. The van der Waals surface area contributed by atoms with E-state index < -0.39 is 17.9 Å². The van der Waals surface area contributed by atoms with E-state index in [4.69, 9.17) is 5.11 Å². The first-order valence-corrected chi connectivity index (χ1v) is 6.41. The summed E-state index contributed by atoms with van der Waals surface area (Å²) >= 11 is 1.49. The number of hydrogen-bond acceptors (Lipinski definition) is 4. The normalized spacial score (nSPS) is 12.9. The number of carbonyl (C=O) groups is 2. The number of nitrogens with zero attached hydrogens (tertiary/aromatic N) is 1. The molecule has 1 aromatic rings. The number of thiazole rings is 1. The zero-order chi connectivity index (χ0) is 13.7. The molecule has 1 heterocycles. The van der Waals surface area contributed by atoms with Crippen LogP contribution in [0.2, 0.25) is 0 Å². The number of nitrogens with one attached hydrogen (secondary N) is 1. The quantitative estimate of drug-likeness (QED) is 0.796. The molecule has 1 aromatic heterocycles. The van der Waals surface area contributed by atoms with Crippen LogP contribution in [0.25, 0.3) is 6.08 Å². The van der Waals surface area contributed by atoms with Gasteiger partial charge in [-0.3, -0.25) is 4.79 Å². The van der Waals surface area contributed by atoms with Crippen molar-refractivity contribution in [2.45, 2.75) is 26.8 Å². The Hall–Kier alpha value is -1.69. The summed E-state index contributed by atoms with van der Waals surface area (Å²) < 4.78 is 0. The fraction of sp³-hybridized carbons (Fsp3) is 0.417. The number of aliphatic carboxylic acids is 1. The SMILES string of the molecule is Cc1nc(/C=C/C(=O)N[C@H](C(=O)O)C(C)C)cs1. The molecule has 98 valence electrons. The molecule has 6 heteroatoms. The minimum Gasteiger partial charge on any atom is -0.480 e. The van der Waals surface area contributed by atoms with Gasteiger partial charge in [0.2, 0.25) is 5.91 Å². The van der Waals surface area contributed by atoms with Crippen molar-refractivity contribution in [1.29, 1.82) is 0 Å². The molecular weight excluding hydrogens is 252 g/mol. The first-order chi connectivity index (χ1) is 8.40. The first kappa shape index (κ1) is 14.4. The van der Waals surface area contributed by atoms with Crippen molar-refractivity contribution >= 4 is 29.3 Å². The molecule has 0 fully saturated rings. The Bertz CT molecular complexity index is 466. The predicted molar refractivity (Wildman–Crippen MR) is 70.3 cm³/mol. The third kappa shape index (κ3) is 4.29. The predicted octanol–water partition coefficient (Wildman–Crippen LogP) is 1.69. The van der Waals surface area contributed by atoms with Gasteiger partial charge >= 0.3 is 5.97 Å². The fourth-order valence-electron chi connectivity index (χ4n) is 1.33. The van der Waals surface area contributed by atoms with E-state index in [9.17, 15) is 9.59 Å². The van der Waals surface area contributed by atoms with Gasteiger partial charge in [0.15, 0.2) is 0 Å². The van der Waals surface area contributed by atoms with E-state index in [2.05, 4.69) is 10.3 Å². The van der Waals surface area contributed by atoms with E-state index in [0.29, 0.717) is 5.69 Å². The van der Waals surface area contributed by atoms with E-state index >= 15 is 0 Å². The van der Waals surface area contributed by atoms with Crippen LogP contribution in [0.4, 0.5) is 0 Å². The van der Waals surface area contributed by atoms with Crippen molar-refractivity contribution in [1.82, 2.24) is 10.3 Å².